The molecule has 1 aromatic carbocycles. The Balaban J connectivity index is 1.76. The van der Waals surface area contributed by atoms with Crippen molar-refractivity contribution in [2.24, 2.45) is 0 Å². The summed E-state index contributed by atoms with van der Waals surface area (Å²) in [6, 6.07) is 6.37. The third-order valence-electron chi connectivity index (χ3n) is 4.10. The van der Waals surface area contributed by atoms with E-state index < -0.39 is 22.5 Å². The first kappa shape index (κ1) is 20.1. The van der Waals surface area contributed by atoms with Crippen molar-refractivity contribution in [2.75, 3.05) is 25.5 Å². The molecular formula is C17H18F2N2O6S. The number of ether oxygens (including phenoxy) is 2. The summed E-state index contributed by atoms with van der Waals surface area (Å²) in [6.45, 7) is -2.25. The number of nitrogens with zero attached hydrogens (tertiary/aromatic N) is 1. The monoisotopic (exact) mass is 416 g/mol. The molecule has 1 N–H and O–H groups in total. The van der Waals surface area contributed by atoms with E-state index in [1.54, 1.807) is 0 Å². The number of furan rings is 1. The van der Waals surface area contributed by atoms with Crippen molar-refractivity contribution in [3.8, 4) is 11.5 Å². The standard InChI is InChI=1S/C17H18F2N2O6S/c1-25-12-5-4-11(10-14(12)27-17(18)19)20-16(22)13-6-7-15(26-13)28(23,24)21-8-2-3-9-21/h4-7,10,17H,2-3,8-9H2,1H3,(H,20,22). The molecule has 1 saturated heterocycles. The minimum absolute atomic E-state index is 0.0651. The maximum absolute atomic E-state index is 12.5. The smallest absolute Gasteiger partial charge is 0.387 e. The Labute approximate surface area is 160 Å². The number of benzene rings is 1. The predicted octanol–water partition coefficient (Wildman–Crippen LogP) is 2.93. The largest absolute Gasteiger partial charge is 0.493 e. The Bertz CT molecular complexity index is 954. The van der Waals surface area contributed by atoms with Crippen LogP contribution < -0.4 is 14.8 Å². The molecular weight excluding hydrogens is 398 g/mol. The zero-order chi connectivity index (χ0) is 20.3. The normalized spacial score (nSPS) is 15.0. The number of amides is 1. The van der Waals surface area contributed by atoms with Gasteiger partial charge in [0, 0.05) is 24.8 Å². The molecule has 1 aromatic heterocycles. The van der Waals surface area contributed by atoms with Gasteiger partial charge in [0.2, 0.25) is 5.09 Å². The first-order chi connectivity index (χ1) is 13.3. The minimum Gasteiger partial charge on any atom is -0.493 e. The molecule has 8 nitrogen and oxygen atoms in total. The van der Waals surface area contributed by atoms with E-state index in [0.29, 0.717) is 13.1 Å². The highest BCUT2D eigenvalue weighted by Crippen LogP contribution is 2.32. The Hall–Kier alpha value is -2.66. The van der Waals surface area contributed by atoms with Crippen LogP contribution in [0.4, 0.5) is 14.5 Å². The topological polar surface area (TPSA) is 98.1 Å². The number of rotatable bonds is 7. The van der Waals surface area contributed by atoms with Crippen LogP contribution >= 0.6 is 0 Å². The second kappa shape index (κ2) is 8.15. The van der Waals surface area contributed by atoms with Crippen molar-refractivity contribution >= 4 is 21.6 Å². The Morgan fingerprint density at radius 1 is 1.18 bits per heavy atom. The summed E-state index contributed by atoms with van der Waals surface area (Å²) >= 11 is 0. The molecule has 2 heterocycles. The molecule has 1 aliphatic rings. The van der Waals surface area contributed by atoms with Crippen LogP contribution in [0, 0.1) is 0 Å². The van der Waals surface area contributed by atoms with Crippen molar-refractivity contribution in [3.05, 3.63) is 36.1 Å². The number of carbonyl (C=O) groups is 1. The van der Waals surface area contributed by atoms with E-state index in [2.05, 4.69) is 10.1 Å². The van der Waals surface area contributed by atoms with Gasteiger partial charge < -0.3 is 19.2 Å². The SMILES string of the molecule is COc1ccc(NC(=O)c2ccc(S(=O)(=O)N3CCCC3)o2)cc1OC(F)F. The maximum atomic E-state index is 12.5. The van der Waals surface area contributed by atoms with E-state index in [1.807, 2.05) is 0 Å². The van der Waals surface area contributed by atoms with Gasteiger partial charge in [-0.25, -0.2) is 8.42 Å². The number of hydrogen-bond acceptors (Lipinski definition) is 6. The van der Waals surface area contributed by atoms with Crippen molar-refractivity contribution in [1.82, 2.24) is 4.31 Å². The van der Waals surface area contributed by atoms with Crippen LogP contribution in [-0.4, -0.2) is 45.4 Å². The lowest BCUT2D eigenvalue weighted by molar-refractivity contribution is -0.0511. The summed E-state index contributed by atoms with van der Waals surface area (Å²) in [4.78, 5) is 12.3. The number of hydrogen-bond donors (Lipinski definition) is 1. The summed E-state index contributed by atoms with van der Waals surface area (Å²) in [5.41, 5.74) is 0.141. The number of nitrogens with one attached hydrogen (secondary N) is 1. The number of carbonyl (C=O) groups excluding carboxylic acids is 1. The van der Waals surface area contributed by atoms with E-state index >= 15 is 0 Å². The van der Waals surface area contributed by atoms with Gasteiger partial charge in [0.05, 0.1) is 7.11 Å². The summed E-state index contributed by atoms with van der Waals surface area (Å²) < 4.78 is 65.7. The fraction of sp³-hybridized carbons (Fsp3) is 0.353. The van der Waals surface area contributed by atoms with Gasteiger partial charge in [-0.2, -0.15) is 13.1 Å². The molecule has 152 valence electrons. The molecule has 1 amide bonds. The van der Waals surface area contributed by atoms with Crippen LogP contribution in [0.25, 0.3) is 0 Å². The number of halogens is 2. The van der Waals surface area contributed by atoms with Gasteiger partial charge in [0.25, 0.3) is 15.9 Å². The Morgan fingerprint density at radius 3 is 2.54 bits per heavy atom. The van der Waals surface area contributed by atoms with Crippen LogP contribution in [0.15, 0.2) is 39.8 Å². The van der Waals surface area contributed by atoms with Crippen molar-refractivity contribution in [2.45, 2.75) is 24.5 Å². The number of anilines is 1. The number of methoxy groups -OCH3 is 1. The number of sulfonamides is 1. The van der Waals surface area contributed by atoms with Crippen LogP contribution in [-0.2, 0) is 10.0 Å². The minimum atomic E-state index is -3.79. The first-order valence-electron chi connectivity index (χ1n) is 8.35. The number of alkyl halides is 2. The van der Waals surface area contributed by atoms with Gasteiger partial charge >= 0.3 is 6.61 Å². The quantitative estimate of drug-likeness (QED) is 0.745. The van der Waals surface area contributed by atoms with Gasteiger partial charge in [0.15, 0.2) is 17.3 Å². The van der Waals surface area contributed by atoms with Crippen molar-refractivity contribution in [3.63, 3.8) is 0 Å². The Kier molecular flexibility index (Phi) is 5.84. The third kappa shape index (κ3) is 4.25. The summed E-state index contributed by atoms with van der Waals surface area (Å²) in [5, 5.41) is 2.11. The van der Waals surface area contributed by atoms with Gasteiger partial charge in [0.1, 0.15) is 0 Å². The second-order valence-electron chi connectivity index (χ2n) is 5.93. The molecule has 3 rings (SSSR count). The fourth-order valence-electron chi connectivity index (χ4n) is 2.77. The lowest BCUT2D eigenvalue weighted by Crippen LogP contribution is -2.27. The lowest BCUT2D eigenvalue weighted by Gasteiger charge is -2.13. The molecule has 2 aromatic rings. The third-order valence-corrected chi connectivity index (χ3v) is 5.87. The molecule has 11 heteroatoms. The molecule has 1 fully saturated rings. The maximum Gasteiger partial charge on any atom is 0.387 e. The van der Waals surface area contributed by atoms with E-state index in [4.69, 9.17) is 9.15 Å². The fourth-order valence-corrected chi connectivity index (χ4v) is 4.20. The Morgan fingerprint density at radius 2 is 1.89 bits per heavy atom. The van der Waals surface area contributed by atoms with Crippen LogP contribution in [0.5, 0.6) is 11.5 Å². The molecule has 1 aliphatic heterocycles. The van der Waals surface area contributed by atoms with E-state index in [9.17, 15) is 22.0 Å². The van der Waals surface area contributed by atoms with Crippen molar-refractivity contribution < 1.29 is 35.9 Å². The molecule has 0 radical (unpaired) electrons. The summed E-state index contributed by atoms with van der Waals surface area (Å²) in [6.07, 6.45) is 1.54. The van der Waals surface area contributed by atoms with Crippen LogP contribution in [0.2, 0.25) is 0 Å². The van der Waals surface area contributed by atoms with E-state index in [0.717, 1.165) is 18.9 Å². The van der Waals surface area contributed by atoms with E-state index in [1.165, 1.54) is 35.7 Å². The highest BCUT2D eigenvalue weighted by Gasteiger charge is 2.30. The van der Waals surface area contributed by atoms with Crippen molar-refractivity contribution in [1.29, 1.82) is 0 Å². The van der Waals surface area contributed by atoms with Crippen LogP contribution in [0.1, 0.15) is 23.4 Å². The van der Waals surface area contributed by atoms with Crippen LogP contribution in [0.3, 0.4) is 0 Å². The second-order valence-corrected chi connectivity index (χ2v) is 7.80. The average Bonchev–Trinajstić information content (AvgIpc) is 3.34. The average molecular weight is 416 g/mol. The molecule has 28 heavy (non-hydrogen) atoms. The first-order valence-corrected chi connectivity index (χ1v) is 9.79. The molecule has 0 aliphatic carbocycles. The summed E-state index contributed by atoms with van der Waals surface area (Å²) in [5.74, 6) is -1.16. The highest BCUT2D eigenvalue weighted by molar-refractivity contribution is 7.89. The van der Waals surface area contributed by atoms with Gasteiger partial charge in [-0.1, -0.05) is 0 Å². The van der Waals surface area contributed by atoms with E-state index in [-0.39, 0.29) is 28.0 Å². The summed E-state index contributed by atoms with van der Waals surface area (Å²) in [7, 11) is -2.50. The molecule has 0 atom stereocenters. The van der Waals surface area contributed by atoms with Gasteiger partial charge in [-0.15, -0.1) is 0 Å². The molecule has 0 bridgehead atoms. The highest BCUT2D eigenvalue weighted by atomic mass is 32.2. The molecule has 0 saturated carbocycles. The molecule has 0 unspecified atom stereocenters. The zero-order valence-corrected chi connectivity index (χ0v) is 15.7. The lowest BCUT2D eigenvalue weighted by atomic mass is 10.2. The van der Waals surface area contributed by atoms with Gasteiger partial charge in [-0.3, -0.25) is 4.79 Å². The molecule has 0 spiro atoms. The van der Waals surface area contributed by atoms with Gasteiger partial charge in [-0.05, 0) is 37.1 Å². The zero-order valence-electron chi connectivity index (χ0n) is 14.9. The predicted molar refractivity (Wildman–Crippen MR) is 94.3 cm³/mol.